The molecule has 4 nitrogen and oxygen atoms in total. The molecule has 2 amide bonds. The number of nitrogens with one attached hydrogen (secondary N) is 1. The Morgan fingerprint density at radius 1 is 1.20 bits per heavy atom. The van der Waals surface area contributed by atoms with Crippen molar-refractivity contribution in [3.8, 4) is 5.75 Å². The van der Waals surface area contributed by atoms with Crippen molar-refractivity contribution in [1.29, 1.82) is 0 Å². The highest BCUT2D eigenvalue weighted by Crippen LogP contribution is 2.20. The van der Waals surface area contributed by atoms with Crippen molar-refractivity contribution in [2.24, 2.45) is 0 Å². The number of nitrogens with zero attached hydrogens (tertiary/aromatic N) is 1. The number of carbonyl (C=O) groups excluding carboxylic acids is 1. The van der Waals surface area contributed by atoms with Crippen LogP contribution in [0, 0.1) is 0 Å². The highest BCUT2D eigenvalue weighted by Gasteiger charge is 2.11. The number of amides is 2. The van der Waals surface area contributed by atoms with E-state index in [0.717, 1.165) is 5.69 Å². The highest BCUT2D eigenvalue weighted by molar-refractivity contribution is 6.30. The molecule has 0 fully saturated rings. The predicted octanol–water partition coefficient (Wildman–Crippen LogP) is 4.02. The van der Waals surface area contributed by atoms with Gasteiger partial charge in [-0.05, 0) is 30.3 Å². The second-order valence-electron chi connectivity index (χ2n) is 4.20. The number of ether oxygens (including phenoxy) is 1. The molecule has 5 heteroatoms. The van der Waals surface area contributed by atoms with E-state index in [2.05, 4.69) is 5.32 Å². The fourth-order valence-electron chi connectivity index (χ4n) is 1.71. The number of urea groups is 1. The summed E-state index contributed by atoms with van der Waals surface area (Å²) in [6.45, 7) is 0. The first-order valence-electron chi connectivity index (χ1n) is 6.04. The third-order valence-corrected chi connectivity index (χ3v) is 3.06. The van der Waals surface area contributed by atoms with E-state index in [1.54, 1.807) is 44.5 Å². The Morgan fingerprint density at radius 3 is 2.65 bits per heavy atom. The summed E-state index contributed by atoms with van der Waals surface area (Å²) < 4.78 is 5.11. The Kier molecular flexibility index (Phi) is 4.48. The second kappa shape index (κ2) is 6.30. The molecule has 2 aromatic carbocycles. The zero-order valence-corrected chi connectivity index (χ0v) is 12.0. The van der Waals surface area contributed by atoms with Crippen molar-refractivity contribution < 1.29 is 9.53 Å². The van der Waals surface area contributed by atoms with E-state index in [4.69, 9.17) is 16.3 Å². The molecule has 2 rings (SSSR count). The number of benzene rings is 2. The maximum Gasteiger partial charge on any atom is 0.326 e. The Bertz CT molecular complexity index is 616. The van der Waals surface area contributed by atoms with Crippen molar-refractivity contribution >= 4 is 29.0 Å². The van der Waals surface area contributed by atoms with Crippen LogP contribution in [0.15, 0.2) is 48.5 Å². The smallest absolute Gasteiger partial charge is 0.326 e. The summed E-state index contributed by atoms with van der Waals surface area (Å²) in [5.74, 6) is 0.688. The van der Waals surface area contributed by atoms with Gasteiger partial charge in [0.25, 0.3) is 0 Å². The molecule has 0 radical (unpaired) electrons. The fraction of sp³-hybridized carbons (Fsp3) is 0.133. The zero-order valence-electron chi connectivity index (χ0n) is 11.3. The molecule has 0 saturated carbocycles. The van der Waals surface area contributed by atoms with Gasteiger partial charge in [-0.2, -0.15) is 0 Å². The van der Waals surface area contributed by atoms with Crippen LogP contribution in [0.1, 0.15) is 0 Å². The molecule has 0 heterocycles. The van der Waals surface area contributed by atoms with Crippen molar-refractivity contribution in [3.63, 3.8) is 0 Å². The maximum atomic E-state index is 12.2. The summed E-state index contributed by atoms with van der Waals surface area (Å²) in [6.07, 6.45) is 0. The number of halogens is 1. The molecule has 104 valence electrons. The lowest BCUT2D eigenvalue weighted by molar-refractivity contribution is 0.258. The van der Waals surface area contributed by atoms with Crippen molar-refractivity contribution in [1.82, 2.24) is 0 Å². The molecule has 20 heavy (non-hydrogen) atoms. The third-order valence-electron chi connectivity index (χ3n) is 2.82. The van der Waals surface area contributed by atoms with E-state index in [-0.39, 0.29) is 6.03 Å². The Morgan fingerprint density at radius 2 is 1.95 bits per heavy atom. The molecule has 0 aromatic heterocycles. The van der Waals surface area contributed by atoms with Crippen LogP contribution in [0.25, 0.3) is 0 Å². The summed E-state index contributed by atoms with van der Waals surface area (Å²) in [5, 5.41) is 3.38. The van der Waals surface area contributed by atoms with Gasteiger partial charge >= 0.3 is 6.03 Å². The molecule has 0 aliphatic heterocycles. The minimum absolute atomic E-state index is 0.250. The molecule has 0 saturated heterocycles. The van der Waals surface area contributed by atoms with E-state index in [9.17, 15) is 4.79 Å². The van der Waals surface area contributed by atoms with Crippen molar-refractivity contribution in [2.45, 2.75) is 0 Å². The summed E-state index contributed by atoms with van der Waals surface area (Å²) in [6, 6.07) is 14.0. The van der Waals surface area contributed by atoms with Crippen LogP contribution in [0.4, 0.5) is 16.2 Å². The first-order valence-corrected chi connectivity index (χ1v) is 6.42. The monoisotopic (exact) mass is 290 g/mol. The first-order chi connectivity index (χ1) is 9.60. The lowest BCUT2D eigenvalue weighted by atomic mass is 10.3. The van der Waals surface area contributed by atoms with Gasteiger partial charge in [-0.1, -0.05) is 23.7 Å². The van der Waals surface area contributed by atoms with Gasteiger partial charge in [-0.3, -0.25) is 4.90 Å². The van der Waals surface area contributed by atoms with Crippen LogP contribution in [-0.4, -0.2) is 20.2 Å². The van der Waals surface area contributed by atoms with Gasteiger partial charge in [0.05, 0.1) is 7.11 Å². The van der Waals surface area contributed by atoms with Gasteiger partial charge in [-0.15, -0.1) is 0 Å². The molecule has 1 N–H and O–H groups in total. The number of methoxy groups -OCH3 is 1. The largest absolute Gasteiger partial charge is 0.497 e. The zero-order chi connectivity index (χ0) is 14.5. The quantitative estimate of drug-likeness (QED) is 0.928. The summed E-state index contributed by atoms with van der Waals surface area (Å²) in [5.41, 5.74) is 1.39. The molecule has 0 aliphatic rings. The van der Waals surface area contributed by atoms with Crippen LogP contribution < -0.4 is 15.0 Å². The standard InChI is InChI=1S/C15H15ClN2O2/c1-18(13-7-3-5-11(16)9-13)15(19)17-12-6-4-8-14(10-12)20-2/h3-10H,1-2H3,(H,17,19). The number of anilines is 2. The molecular formula is C15H15ClN2O2. The number of rotatable bonds is 3. The van der Waals surface area contributed by atoms with Gasteiger partial charge in [0.15, 0.2) is 0 Å². The average molecular weight is 291 g/mol. The van der Waals surface area contributed by atoms with Crippen LogP contribution in [0.3, 0.4) is 0 Å². The summed E-state index contributed by atoms with van der Waals surface area (Å²) >= 11 is 5.92. The van der Waals surface area contributed by atoms with E-state index < -0.39 is 0 Å². The number of carbonyl (C=O) groups is 1. The molecule has 0 unspecified atom stereocenters. The minimum Gasteiger partial charge on any atom is -0.497 e. The highest BCUT2D eigenvalue weighted by atomic mass is 35.5. The molecule has 0 spiro atoms. The SMILES string of the molecule is COc1cccc(NC(=O)N(C)c2cccc(Cl)c2)c1. The van der Waals surface area contributed by atoms with Crippen molar-refractivity contribution in [2.75, 3.05) is 24.4 Å². The minimum atomic E-state index is -0.250. The second-order valence-corrected chi connectivity index (χ2v) is 4.64. The van der Waals surface area contributed by atoms with Crippen LogP contribution in [0.5, 0.6) is 5.75 Å². The first kappa shape index (κ1) is 14.2. The molecule has 0 bridgehead atoms. The predicted molar refractivity (Wildman–Crippen MR) is 81.9 cm³/mol. The van der Waals surface area contributed by atoms with Gasteiger partial charge in [0.1, 0.15) is 5.75 Å². The molecule has 0 aliphatic carbocycles. The van der Waals surface area contributed by atoms with E-state index in [1.807, 2.05) is 18.2 Å². The van der Waals surface area contributed by atoms with E-state index in [1.165, 1.54) is 4.90 Å². The summed E-state index contributed by atoms with van der Waals surface area (Å²) in [7, 11) is 3.26. The fourth-order valence-corrected chi connectivity index (χ4v) is 1.89. The van der Waals surface area contributed by atoms with E-state index in [0.29, 0.717) is 16.5 Å². The molecule has 2 aromatic rings. The number of hydrogen-bond donors (Lipinski definition) is 1. The van der Waals surface area contributed by atoms with Gasteiger partial charge in [-0.25, -0.2) is 4.79 Å². The maximum absolute atomic E-state index is 12.2. The molecule has 0 atom stereocenters. The number of hydrogen-bond acceptors (Lipinski definition) is 2. The van der Waals surface area contributed by atoms with Gasteiger partial charge in [0.2, 0.25) is 0 Å². The summed E-state index contributed by atoms with van der Waals surface area (Å²) in [4.78, 5) is 13.6. The van der Waals surface area contributed by atoms with E-state index >= 15 is 0 Å². The van der Waals surface area contributed by atoms with Gasteiger partial charge < -0.3 is 10.1 Å². The lowest BCUT2D eigenvalue weighted by Gasteiger charge is -2.18. The van der Waals surface area contributed by atoms with Crippen LogP contribution >= 0.6 is 11.6 Å². The lowest BCUT2D eigenvalue weighted by Crippen LogP contribution is -2.31. The van der Waals surface area contributed by atoms with Crippen LogP contribution in [-0.2, 0) is 0 Å². The topological polar surface area (TPSA) is 41.6 Å². The molecular weight excluding hydrogens is 276 g/mol. The van der Waals surface area contributed by atoms with Gasteiger partial charge in [0, 0.05) is 29.5 Å². The normalized spacial score (nSPS) is 9.95. The van der Waals surface area contributed by atoms with Crippen LogP contribution in [0.2, 0.25) is 5.02 Å². The average Bonchev–Trinajstić information content (AvgIpc) is 2.46. The Labute approximate surface area is 122 Å². The van der Waals surface area contributed by atoms with Crippen molar-refractivity contribution in [3.05, 3.63) is 53.6 Å². The third kappa shape index (κ3) is 3.42. The Hall–Kier alpha value is -2.20. The Balaban J connectivity index is 2.11.